The molecule has 3 aromatic rings. The van der Waals surface area contributed by atoms with Gasteiger partial charge in [0.1, 0.15) is 12.4 Å². The van der Waals surface area contributed by atoms with Gasteiger partial charge in [-0.3, -0.25) is 0 Å². The van der Waals surface area contributed by atoms with Crippen molar-refractivity contribution in [1.29, 1.82) is 0 Å². The third-order valence-corrected chi connectivity index (χ3v) is 8.56. The quantitative estimate of drug-likeness (QED) is 0.515. The van der Waals surface area contributed by atoms with Crippen molar-refractivity contribution in [1.82, 2.24) is 10.3 Å². The molecule has 9 heteroatoms. The molecule has 2 aliphatic rings. The first-order chi connectivity index (χ1) is 16.4. The minimum absolute atomic E-state index is 0.105. The predicted molar refractivity (Wildman–Crippen MR) is 131 cm³/mol. The van der Waals surface area contributed by atoms with Crippen LogP contribution in [-0.2, 0) is 9.84 Å². The van der Waals surface area contributed by atoms with E-state index in [9.17, 15) is 12.8 Å². The third kappa shape index (κ3) is 4.42. The molecule has 2 saturated heterocycles. The summed E-state index contributed by atoms with van der Waals surface area (Å²) in [7, 11) is 0.348. The third-order valence-electron chi connectivity index (χ3n) is 6.68. The van der Waals surface area contributed by atoms with Crippen molar-refractivity contribution in [3.63, 3.8) is 0 Å². The van der Waals surface area contributed by atoms with Gasteiger partial charge in [0, 0.05) is 42.3 Å². The Morgan fingerprint density at radius 2 is 1.82 bits per heavy atom. The van der Waals surface area contributed by atoms with Crippen LogP contribution in [0.5, 0.6) is 11.5 Å². The number of pyridine rings is 1. The first kappa shape index (κ1) is 22.9. The van der Waals surface area contributed by atoms with Crippen LogP contribution in [0.25, 0.3) is 22.2 Å². The molecule has 1 N–H and O–H groups in total. The number of methoxy groups -OCH3 is 1. The van der Waals surface area contributed by atoms with Crippen LogP contribution < -0.4 is 19.7 Å². The van der Waals surface area contributed by atoms with Crippen molar-refractivity contribution < 1.29 is 22.3 Å². The Balaban J connectivity index is 1.53. The molecular formula is C25H28FN3O4S. The molecular weight excluding hydrogens is 457 g/mol. The maximum Gasteiger partial charge on any atom is 0.165 e. The second-order valence-corrected chi connectivity index (χ2v) is 11.2. The van der Waals surface area contributed by atoms with Crippen LogP contribution >= 0.6 is 0 Å². The molecule has 0 unspecified atom stereocenters. The lowest BCUT2D eigenvalue weighted by atomic mass is 10.0. The number of halogens is 1. The molecule has 3 heterocycles. The number of ether oxygens (including phenoxy) is 2. The number of nitrogens with zero attached hydrogens (tertiary/aromatic N) is 2. The highest BCUT2D eigenvalue weighted by atomic mass is 32.2. The first-order valence-corrected chi connectivity index (χ1v) is 13.2. The molecule has 2 fully saturated rings. The molecule has 7 nitrogen and oxygen atoms in total. The SMILES string of the molecule is CNCCOc1ccc(-c2cc(N3C[C@@H]4CS(=O)(=O)C[C@@H]4C3)c3cc(F)c(OC)cc3n2)cc1. The van der Waals surface area contributed by atoms with Crippen molar-refractivity contribution in [3.05, 3.63) is 48.3 Å². The number of anilines is 1. The number of benzene rings is 2. The average Bonchev–Trinajstić information content (AvgIpc) is 3.32. The Labute approximate surface area is 198 Å². The number of hydrogen-bond donors (Lipinski definition) is 1. The summed E-state index contributed by atoms with van der Waals surface area (Å²) in [5.41, 5.74) is 3.16. The molecule has 0 spiro atoms. The fraction of sp³-hybridized carbons (Fsp3) is 0.400. The van der Waals surface area contributed by atoms with E-state index in [1.54, 1.807) is 6.07 Å². The Bertz CT molecular complexity index is 1290. The second-order valence-electron chi connectivity index (χ2n) is 9.01. The molecule has 2 aliphatic heterocycles. The van der Waals surface area contributed by atoms with Gasteiger partial charge in [-0.1, -0.05) is 0 Å². The normalized spacial score (nSPS) is 21.1. The maximum atomic E-state index is 14.6. The van der Waals surface area contributed by atoms with Crippen molar-refractivity contribution in [3.8, 4) is 22.8 Å². The summed E-state index contributed by atoms with van der Waals surface area (Å²) in [6.07, 6.45) is 0. The van der Waals surface area contributed by atoms with E-state index in [-0.39, 0.29) is 29.1 Å². The van der Waals surface area contributed by atoms with Gasteiger partial charge in [0.05, 0.1) is 29.8 Å². The number of fused-ring (bicyclic) bond motifs is 2. The summed E-state index contributed by atoms with van der Waals surface area (Å²) >= 11 is 0. The van der Waals surface area contributed by atoms with Crippen LogP contribution in [0.2, 0.25) is 0 Å². The fourth-order valence-corrected chi connectivity index (χ4v) is 7.20. The maximum absolute atomic E-state index is 14.6. The summed E-state index contributed by atoms with van der Waals surface area (Å²) in [4.78, 5) is 6.99. The van der Waals surface area contributed by atoms with Crippen molar-refractivity contribution in [2.45, 2.75) is 0 Å². The topological polar surface area (TPSA) is 80.8 Å². The van der Waals surface area contributed by atoms with Gasteiger partial charge in [-0.2, -0.15) is 0 Å². The molecule has 34 heavy (non-hydrogen) atoms. The first-order valence-electron chi connectivity index (χ1n) is 11.4. The van der Waals surface area contributed by atoms with Gasteiger partial charge in [-0.05, 0) is 55.3 Å². The smallest absolute Gasteiger partial charge is 0.165 e. The van der Waals surface area contributed by atoms with E-state index >= 15 is 0 Å². The minimum Gasteiger partial charge on any atom is -0.494 e. The van der Waals surface area contributed by atoms with E-state index in [0.717, 1.165) is 29.2 Å². The van der Waals surface area contributed by atoms with Gasteiger partial charge in [0.15, 0.2) is 21.4 Å². The van der Waals surface area contributed by atoms with Gasteiger partial charge in [0.2, 0.25) is 0 Å². The van der Waals surface area contributed by atoms with Gasteiger partial charge in [-0.25, -0.2) is 17.8 Å². The van der Waals surface area contributed by atoms with E-state index in [1.165, 1.54) is 13.2 Å². The van der Waals surface area contributed by atoms with Crippen LogP contribution in [0.1, 0.15) is 0 Å². The van der Waals surface area contributed by atoms with Crippen molar-refractivity contribution in [2.75, 3.05) is 56.8 Å². The zero-order valence-corrected chi connectivity index (χ0v) is 20.1. The Hall–Kier alpha value is -2.91. The predicted octanol–water partition coefficient (Wildman–Crippen LogP) is 3.13. The van der Waals surface area contributed by atoms with Gasteiger partial charge in [0.25, 0.3) is 0 Å². The molecule has 0 radical (unpaired) electrons. The zero-order valence-electron chi connectivity index (χ0n) is 19.3. The van der Waals surface area contributed by atoms with Crippen LogP contribution in [0.15, 0.2) is 42.5 Å². The molecule has 5 rings (SSSR count). The average molecular weight is 486 g/mol. The molecule has 180 valence electrons. The molecule has 2 aromatic carbocycles. The van der Waals surface area contributed by atoms with E-state index in [1.807, 2.05) is 37.4 Å². The summed E-state index contributed by atoms with van der Waals surface area (Å²) in [6.45, 7) is 2.60. The Morgan fingerprint density at radius 1 is 1.12 bits per heavy atom. The van der Waals surface area contributed by atoms with Crippen LogP contribution in [0.3, 0.4) is 0 Å². The number of nitrogens with one attached hydrogen (secondary N) is 1. The number of aromatic nitrogens is 1. The van der Waals surface area contributed by atoms with E-state index in [2.05, 4.69) is 10.2 Å². The highest BCUT2D eigenvalue weighted by Crippen LogP contribution is 2.40. The Morgan fingerprint density at radius 3 is 2.47 bits per heavy atom. The highest BCUT2D eigenvalue weighted by Gasteiger charge is 2.44. The lowest BCUT2D eigenvalue weighted by Crippen LogP contribution is -2.24. The summed E-state index contributed by atoms with van der Waals surface area (Å²) in [5, 5.41) is 3.74. The van der Waals surface area contributed by atoms with E-state index in [0.29, 0.717) is 30.6 Å². The fourth-order valence-electron chi connectivity index (χ4n) is 5.00. The molecule has 2 atom stereocenters. The monoisotopic (exact) mass is 485 g/mol. The van der Waals surface area contributed by atoms with Crippen LogP contribution in [0.4, 0.5) is 10.1 Å². The van der Waals surface area contributed by atoms with Crippen molar-refractivity contribution >= 4 is 26.4 Å². The van der Waals surface area contributed by atoms with Gasteiger partial charge < -0.3 is 19.7 Å². The molecule has 0 bridgehead atoms. The number of likely N-dealkylation sites (N-methyl/N-ethyl adjacent to an activating group) is 1. The second kappa shape index (κ2) is 9.03. The number of hydrogen-bond acceptors (Lipinski definition) is 7. The molecule has 0 saturated carbocycles. The van der Waals surface area contributed by atoms with Gasteiger partial charge in [-0.15, -0.1) is 0 Å². The molecule has 0 amide bonds. The number of sulfone groups is 1. The van der Waals surface area contributed by atoms with Gasteiger partial charge >= 0.3 is 0 Å². The summed E-state index contributed by atoms with van der Waals surface area (Å²) < 4.78 is 49.7. The van der Waals surface area contributed by atoms with E-state index in [4.69, 9.17) is 14.5 Å². The summed E-state index contributed by atoms with van der Waals surface area (Å²) in [5.74, 6) is 1.12. The van der Waals surface area contributed by atoms with Crippen LogP contribution in [0, 0.1) is 17.7 Å². The standard InChI is InChI=1S/C25H28FN3O4S/c1-27-7-8-33-19-5-3-16(4-6-19)22-10-24(20-9-21(26)25(32-2)11-23(20)28-22)29-12-17-14-34(30,31)15-18(17)13-29/h3-6,9-11,17-18,27H,7-8,12-15H2,1-2H3/t17-,18+. The highest BCUT2D eigenvalue weighted by molar-refractivity contribution is 7.91. The van der Waals surface area contributed by atoms with Crippen LogP contribution in [-0.4, -0.2) is 65.3 Å². The number of rotatable bonds is 7. The van der Waals surface area contributed by atoms with E-state index < -0.39 is 15.7 Å². The van der Waals surface area contributed by atoms with Crippen molar-refractivity contribution in [2.24, 2.45) is 11.8 Å². The summed E-state index contributed by atoms with van der Waals surface area (Å²) in [6, 6.07) is 12.8. The molecule has 0 aliphatic carbocycles. The lowest BCUT2D eigenvalue weighted by molar-refractivity contribution is 0.318. The molecule has 1 aromatic heterocycles. The lowest BCUT2D eigenvalue weighted by Gasteiger charge is -2.23. The Kier molecular flexibility index (Phi) is 6.07. The zero-order chi connectivity index (χ0) is 23.9. The largest absolute Gasteiger partial charge is 0.494 e. The minimum atomic E-state index is -2.96.